The van der Waals surface area contributed by atoms with Crippen LogP contribution in [0.3, 0.4) is 0 Å². The number of rotatable bonds is 25. The van der Waals surface area contributed by atoms with E-state index in [1.54, 1.807) is 40.0 Å². The highest BCUT2D eigenvalue weighted by molar-refractivity contribution is 5.97. The number of carbonyl (C=O) groups excluding carboxylic acids is 3. The molecular weight excluding hydrogens is 688 g/mol. The second-order valence-electron chi connectivity index (χ2n) is 16.5. The molecule has 1 aliphatic rings. The Morgan fingerprint density at radius 1 is 0.889 bits per heavy atom. The highest BCUT2D eigenvalue weighted by Gasteiger charge is 2.33. The zero-order valence-corrected chi connectivity index (χ0v) is 35.0. The van der Waals surface area contributed by atoms with Gasteiger partial charge in [-0.1, -0.05) is 47.5 Å². The van der Waals surface area contributed by atoms with E-state index in [9.17, 15) is 19.5 Å². The summed E-state index contributed by atoms with van der Waals surface area (Å²) < 4.78 is 23.0. The lowest BCUT2D eigenvalue weighted by atomic mass is 9.82. The standard InChI is InChI=1S/C42H74N4O8/c1-10-11-19-43-40(49)35(31(4)5)28-37(47)36(45-41(50)54-42(6,7)8)26-32(30(2)3)29-44-39(48)34-18-17-33(27-38(34)53-24-16-15-23-51-9)52-25-22-46-20-13-12-14-21-46/h17-18,27,30-32,35-37,47H,10-16,19-26,28-29H2,1-9H3,(H,43,49)(H,44,48)(H,45,50). The van der Waals surface area contributed by atoms with Gasteiger partial charge in [-0.25, -0.2) is 4.79 Å². The maximum Gasteiger partial charge on any atom is 0.407 e. The Morgan fingerprint density at radius 3 is 2.22 bits per heavy atom. The van der Waals surface area contributed by atoms with E-state index in [0.717, 1.165) is 45.3 Å². The Labute approximate surface area is 326 Å². The summed E-state index contributed by atoms with van der Waals surface area (Å²) in [5.74, 6) is 0.219. The van der Waals surface area contributed by atoms with Crippen LogP contribution in [0.5, 0.6) is 11.5 Å². The van der Waals surface area contributed by atoms with Crippen LogP contribution < -0.4 is 25.4 Å². The van der Waals surface area contributed by atoms with Gasteiger partial charge in [-0.2, -0.15) is 0 Å². The van der Waals surface area contributed by atoms with Gasteiger partial charge in [0.05, 0.1) is 24.3 Å². The lowest BCUT2D eigenvalue weighted by Crippen LogP contribution is -2.49. The first-order chi connectivity index (χ1) is 25.6. The molecule has 1 heterocycles. The SMILES string of the molecule is CCCCNC(=O)C(CC(O)C(CC(CNC(=O)c1ccc(OCCN2CCCCC2)cc1OCCCCOC)C(C)C)NC(=O)OC(C)(C)C)C(C)C. The number of unbranched alkanes of at least 4 members (excludes halogenated alkanes) is 2. The molecule has 3 amide bonds. The number of carbonyl (C=O) groups is 3. The molecule has 1 fully saturated rings. The van der Waals surface area contributed by atoms with Gasteiger partial charge in [-0.05, 0) is 109 Å². The van der Waals surface area contributed by atoms with Gasteiger partial charge in [0.2, 0.25) is 5.91 Å². The van der Waals surface area contributed by atoms with E-state index in [2.05, 4.69) is 41.6 Å². The van der Waals surface area contributed by atoms with Gasteiger partial charge in [-0.15, -0.1) is 0 Å². The fourth-order valence-electron chi connectivity index (χ4n) is 6.54. The third kappa shape index (κ3) is 18.5. The zero-order valence-electron chi connectivity index (χ0n) is 35.0. The summed E-state index contributed by atoms with van der Waals surface area (Å²) in [6, 6.07) is 4.63. The molecule has 1 aromatic rings. The molecule has 4 unspecified atom stereocenters. The van der Waals surface area contributed by atoms with Gasteiger partial charge < -0.3 is 40.0 Å². The Hall–Kier alpha value is -3.09. The number of aliphatic hydroxyl groups excluding tert-OH is 1. The molecule has 4 N–H and O–H groups in total. The lowest BCUT2D eigenvalue weighted by Gasteiger charge is -2.33. The van der Waals surface area contributed by atoms with Crippen molar-refractivity contribution in [2.24, 2.45) is 23.7 Å². The number of nitrogens with zero attached hydrogens (tertiary/aromatic N) is 1. The number of nitrogens with one attached hydrogen (secondary N) is 3. The lowest BCUT2D eigenvalue weighted by molar-refractivity contribution is -0.127. The van der Waals surface area contributed by atoms with Gasteiger partial charge in [-0.3, -0.25) is 14.5 Å². The smallest absolute Gasteiger partial charge is 0.407 e. The second-order valence-corrected chi connectivity index (χ2v) is 16.5. The molecule has 4 atom stereocenters. The van der Waals surface area contributed by atoms with Crippen LogP contribution >= 0.6 is 0 Å². The quantitative estimate of drug-likeness (QED) is 0.0812. The van der Waals surface area contributed by atoms with Crippen molar-refractivity contribution in [2.45, 2.75) is 131 Å². The van der Waals surface area contributed by atoms with Gasteiger partial charge in [0.15, 0.2) is 0 Å². The number of benzene rings is 1. The molecule has 1 saturated heterocycles. The number of alkyl carbamates (subject to hydrolysis) is 1. The summed E-state index contributed by atoms with van der Waals surface area (Å²) >= 11 is 0. The molecule has 0 bridgehead atoms. The van der Waals surface area contributed by atoms with Crippen LogP contribution in [0, 0.1) is 23.7 Å². The molecule has 12 nitrogen and oxygen atoms in total. The van der Waals surface area contributed by atoms with Crippen molar-refractivity contribution in [3.63, 3.8) is 0 Å². The molecule has 2 rings (SSSR count). The molecule has 1 aliphatic heterocycles. The van der Waals surface area contributed by atoms with Crippen LogP contribution in [-0.4, -0.2) is 105 Å². The molecule has 0 radical (unpaired) electrons. The van der Waals surface area contributed by atoms with Crippen molar-refractivity contribution in [3.05, 3.63) is 23.8 Å². The number of methoxy groups -OCH3 is 1. The Bertz CT molecular complexity index is 1230. The van der Waals surface area contributed by atoms with E-state index in [0.29, 0.717) is 56.4 Å². The maximum absolute atomic E-state index is 13.8. The summed E-state index contributed by atoms with van der Waals surface area (Å²) in [5, 5.41) is 20.7. The minimum absolute atomic E-state index is 0.0218. The molecule has 0 aromatic heterocycles. The number of ether oxygens (including phenoxy) is 4. The normalized spacial score (nSPS) is 16.0. The van der Waals surface area contributed by atoms with Gasteiger partial charge in [0, 0.05) is 45.3 Å². The average molecular weight is 763 g/mol. The van der Waals surface area contributed by atoms with Crippen molar-refractivity contribution < 1.29 is 38.4 Å². The molecule has 0 saturated carbocycles. The van der Waals surface area contributed by atoms with Crippen molar-refractivity contribution in [1.29, 1.82) is 0 Å². The molecule has 12 heteroatoms. The van der Waals surface area contributed by atoms with E-state index < -0.39 is 29.8 Å². The van der Waals surface area contributed by atoms with Crippen LogP contribution in [-0.2, 0) is 14.3 Å². The Kier molecular flexibility index (Phi) is 21.9. The first-order valence-corrected chi connectivity index (χ1v) is 20.5. The van der Waals surface area contributed by atoms with Crippen LogP contribution in [0.4, 0.5) is 4.79 Å². The topological polar surface area (TPSA) is 148 Å². The summed E-state index contributed by atoms with van der Waals surface area (Å²) in [7, 11) is 1.67. The molecule has 310 valence electrons. The van der Waals surface area contributed by atoms with E-state index in [1.807, 2.05) is 19.9 Å². The molecule has 0 spiro atoms. The molecule has 1 aromatic carbocycles. The van der Waals surface area contributed by atoms with Crippen LogP contribution in [0.15, 0.2) is 18.2 Å². The predicted molar refractivity (Wildman–Crippen MR) is 214 cm³/mol. The summed E-state index contributed by atoms with van der Waals surface area (Å²) in [6.07, 6.45) is 6.04. The maximum atomic E-state index is 13.8. The number of likely N-dealkylation sites (tertiary alicyclic amines) is 1. The number of hydrogen-bond donors (Lipinski definition) is 4. The predicted octanol–water partition coefficient (Wildman–Crippen LogP) is 6.58. The van der Waals surface area contributed by atoms with Crippen molar-refractivity contribution in [3.8, 4) is 11.5 Å². The third-order valence-electron chi connectivity index (χ3n) is 9.98. The average Bonchev–Trinajstić information content (AvgIpc) is 3.11. The van der Waals surface area contributed by atoms with Crippen molar-refractivity contribution >= 4 is 17.9 Å². The first kappa shape index (κ1) is 47.1. The number of hydrogen-bond acceptors (Lipinski definition) is 9. The van der Waals surface area contributed by atoms with Gasteiger partial charge in [0.25, 0.3) is 5.91 Å². The number of piperidine rings is 1. The number of aliphatic hydroxyl groups is 1. The minimum Gasteiger partial charge on any atom is -0.493 e. The van der Waals surface area contributed by atoms with Gasteiger partial charge >= 0.3 is 6.09 Å². The van der Waals surface area contributed by atoms with Crippen LogP contribution in [0.1, 0.15) is 124 Å². The largest absolute Gasteiger partial charge is 0.493 e. The van der Waals surface area contributed by atoms with Crippen LogP contribution in [0.25, 0.3) is 0 Å². The highest BCUT2D eigenvalue weighted by atomic mass is 16.6. The second kappa shape index (κ2) is 25.1. The highest BCUT2D eigenvalue weighted by Crippen LogP contribution is 2.28. The van der Waals surface area contributed by atoms with Crippen molar-refractivity contribution in [2.75, 3.05) is 59.7 Å². The Morgan fingerprint density at radius 2 is 1.59 bits per heavy atom. The van der Waals surface area contributed by atoms with E-state index >= 15 is 0 Å². The van der Waals surface area contributed by atoms with Crippen molar-refractivity contribution in [1.82, 2.24) is 20.9 Å². The first-order valence-electron chi connectivity index (χ1n) is 20.5. The zero-order chi connectivity index (χ0) is 40.1. The van der Waals surface area contributed by atoms with Gasteiger partial charge in [0.1, 0.15) is 23.7 Å². The summed E-state index contributed by atoms with van der Waals surface area (Å²) in [6.45, 7) is 21.0. The molecule has 0 aliphatic carbocycles. The molecule has 54 heavy (non-hydrogen) atoms. The van der Waals surface area contributed by atoms with E-state index in [4.69, 9.17) is 18.9 Å². The third-order valence-corrected chi connectivity index (χ3v) is 9.98. The van der Waals surface area contributed by atoms with Crippen LogP contribution in [0.2, 0.25) is 0 Å². The fourth-order valence-corrected chi connectivity index (χ4v) is 6.54. The fraction of sp³-hybridized carbons (Fsp3) is 0.786. The number of amides is 3. The molecular formula is C42H74N4O8. The van der Waals surface area contributed by atoms with E-state index in [1.165, 1.54) is 19.3 Å². The monoisotopic (exact) mass is 763 g/mol. The Balaban J connectivity index is 2.22. The summed E-state index contributed by atoms with van der Waals surface area (Å²) in [4.78, 5) is 42.4. The summed E-state index contributed by atoms with van der Waals surface area (Å²) in [5.41, 5.74) is -0.327. The minimum atomic E-state index is -1.03. The van der Waals surface area contributed by atoms with E-state index in [-0.39, 0.29) is 36.0 Å².